The van der Waals surface area contributed by atoms with Crippen molar-refractivity contribution in [2.75, 3.05) is 13.7 Å². The van der Waals surface area contributed by atoms with Crippen LogP contribution in [0.2, 0.25) is 0 Å². The molecule has 1 saturated heterocycles. The molecule has 178 valence electrons. The van der Waals surface area contributed by atoms with Crippen LogP contribution in [0.3, 0.4) is 0 Å². The minimum Gasteiger partial charge on any atom is -0.493 e. The monoisotopic (exact) mass is 454 g/mol. The predicted octanol–water partition coefficient (Wildman–Crippen LogP) is 5.39. The van der Waals surface area contributed by atoms with Gasteiger partial charge in [0.05, 0.1) is 19.1 Å². The Morgan fingerprint density at radius 1 is 1.15 bits per heavy atom. The molecule has 0 aromatic heterocycles. The quantitative estimate of drug-likeness (QED) is 0.653. The third-order valence-electron chi connectivity index (χ3n) is 6.89. The predicted molar refractivity (Wildman–Crippen MR) is 125 cm³/mol. The number of fused-ring (bicyclic) bond motifs is 3. The van der Waals surface area contributed by atoms with E-state index in [2.05, 4.69) is 20.8 Å². The first-order chi connectivity index (χ1) is 15.5. The smallest absolute Gasteiger partial charge is 0.309 e. The fraction of sp³-hybridized carbons (Fsp3) is 0.519. The molecule has 0 amide bonds. The normalized spacial score (nSPS) is 25.9. The number of hydrogen-bond acceptors (Lipinski definition) is 5. The molecule has 0 saturated carbocycles. The van der Waals surface area contributed by atoms with E-state index in [4.69, 9.17) is 18.9 Å². The lowest BCUT2D eigenvalue weighted by Crippen LogP contribution is -2.53. The lowest BCUT2D eigenvalue weighted by Gasteiger charge is -2.50. The van der Waals surface area contributed by atoms with E-state index in [0.717, 1.165) is 5.56 Å². The highest BCUT2D eigenvalue weighted by Crippen LogP contribution is 2.54. The zero-order valence-electron chi connectivity index (χ0n) is 20.3. The Bertz CT molecular complexity index is 1000. The molecule has 33 heavy (non-hydrogen) atoms. The molecule has 0 spiro atoms. The zero-order valence-corrected chi connectivity index (χ0v) is 20.3. The molecule has 6 heteroatoms. The number of benzene rings is 2. The summed E-state index contributed by atoms with van der Waals surface area (Å²) in [5, 5.41) is 9.97. The molecule has 2 aliphatic rings. The van der Waals surface area contributed by atoms with Gasteiger partial charge in [0.2, 0.25) is 0 Å². The topological polar surface area (TPSA) is 74.2 Å². The van der Waals surface area contributed by atoms with E-state index in [1.165, 1.54) is 5.56 Å². The van der Waals surface area contributed by atoms with Crippen LogP contribution in [0.4, 0.5) is 0 Å². The summed E-state index contributed by atoms with van der Waals surface area (Å²) >= 11 is 0. The standard InChI is InChI=1S/C27H34O6/c1-26(2,3)16-10-12-17(13-11-16)31-15-22-19(25(28)29)14-20-23(32-22)18-8-7-9-21(30-6)24(18)33-27(20,4)5/h7-13,19-20,22-23H,14-15H2,1-6H3,(H,28,29)/t19-,20-,22-,23+/m0/s1. The average Bonchev–Trinajstić information content (AvgIpc) is 2.76. The second-order valence-corrected chi connectivity index (χ2v) is 10.6. The SMILES string of the molecule is COc1cccc2c1OC(C)(C)[C@H]1C[C@H](C(=O)O)[C@H](COc3ccc(C(C)(C)C)cc3)O[C@H]21. The Morgan fingerprint density at radius 3 is 2.45 bits per heavy atom. The van der Waals surface area contributed by atoms with Crippen molar-refractivity contribution in [3.05, 3.63) is 53.6 Å². The molecular formula is C27H34O6. The summed E-state index contributed by atoms with van der Waals surface area (Å²) in [6, 6.07) is 13.7. The summed E-state index contributed by atoms with van der Waals surface area (Å²) < 4.78 is 24.3. The van der Waals surface area contributed by atoms with Crippen molar-refractivity contribution < 1.29 is 28.8 Å². The highest BCUT2D eigenvalue weighted by atomic mass is 16.6. The van der Waals surface area contributed by atoms with Crippen LogP contribution in [0.1, 0.15) is 58.3 Å². The van der Waals surface area contributed by atoms with Crippen LogP contribution in [0.5, 0.6) is 17.2 Å². The summed E-state index contributed by atoms with van der Waals surface area (Å²) in [6.07, 6.45) is -0.439. The number of para-hydroxylation sites is 1. The van der Waals surface area contributed by atoms with E-state index in [1.54, 1.807) is 7.11 Å². The molecule has 2 heterocycles. The van der Waals surface area contributed by atoms with Gasteiger partial charge in [-0.15, -0.1) is 0 Å². The summed E-state index contributed by atoms with van der Waals surface area (Å²) in [5.74, 6) is 0.340. The first kappa shape index (κ1) is 23.4. The van der Waals surface area contributed by atoms with Gasteiger partial charge in [-0.05, 0) is 49.4 Å². The molecule has 0 aliphatic carbocycles. The molecule has 2 aromatic carbocycles. The largest absolute Gasteiger partial charge is 0.493 e. The zero-order chi connectivity index (χ0) is 24.0. The third-order valence-corrected chi connectivity index (χ3v) is 6.89. The van der Waals surface area contributed by atoms with Gasteiger partial charge < -0.3 is 24.1 Å². The number of ether oxygens (including phenoxy) is 4. The van der Waals surface area contributed by atoms with Gasteiger partial charge in [-0.1, -0.05) is 45.0 Å². The first-order valence-corrected chi connectivity index (χ1v) is 11.5. The lowest BCUT2D eigenvalue weighted by atomic mass is 9.72. The van der Waals surface area contributed by atoms with E-state index >= 15 is 0 Å². The number of rotatable bonds is 5. The molecule has 2 aliphatic heterocycles. The number of hydrogen-bond donors (Lipinski definition) is 1. The van der Waals surface area contributed by atoms with Gasteiger partial charge in [0, 0.05) is 11.5 Å². The molecule has 2 aromatic rings. The molecule has 1 fully saturated rings. The summed E-state index contributed by atoms with van der Waals surface area (Å²) in [7, 11) is 1.61. The number of carboxylic acids is 1. The lowest BCUT2D eigenvalue weighted by molar-refractivity contribution is -0.192. The number of methoxy groups -OCH3 is 1. The van der Waals surface area contributed by atoms with E-state index in [-0.39, 0.29) is 24.0 Å². The first-order valence-electron chi connectivity index (χ1n) is 11.5. The van der Waals surface area contributed by atoms with Gasteiger partial charge in [0.25, 0.3) is 0 Å². The van der Waals surface area contributed by atoms with Crippen molar-refractivity contribution in [3.8, 4) is 17.2 Å². The van der Waals surface area contributed by atoms with Crippen LogP contribution in [0.15, 0.2) is 42.5 Å². The maximum atomic E-state index is 12.2. The third kappa shape index (κ3) is 4.54. The van der Waals surface area contributed by atoms with Crippen molar-refractivity contribution in [1.29, 1.82) is 0 Å². The fourth-order valence-electron chi connectivity index (χ4n) is 4.88. The van der Waals surface area contributed by atoms with Crippen LogP contribution >= 0.6 is 0 Å². The second kappa shape index (κ2) is 8.56. The van der Waals surface area contributed by atoms with Gasteiger partial charge in [0.1, 0.15) is 24.1 Å². The van der Waals surface area contributed by atoms with Crippen LogP contribution < -0.4 is 14.2 Å². The van der Waals surface area contributed by atoms with Crippen LogP contribution in [-0.4, -0.2) is 36.5 Å². The number of carboxylic acid groups (broad SMARTS) is 1. The minimum atomic E-state index is -0.877. The molecule has 0 bridgehead atoms. The van der Waals surface area contributed by atoms with Crippen LogP contribution in [0, 0.1) is 11.8 Å². The highest BCUT2D eigenvalue weighted by molar-refractivity contribution is 5.71. The Hall–Kier alpha value is -2.73. The molecule has 0 radical (unpaired) electrons. The van der Waals surface area contributed by atoms with Crippen molar-refractivity contribution in [2.24, 2.45) is 11.8 Å². The van der Waals surface area contributed by atoms with Gasteiger partial charge >= 0.3 is 5.97 Å². The Kier molecular flexibility index (Phi) is 6.08. The highest BCUT2D eigenvalue weighted by Gasteiger charge is 2.52. The van der Waals surface area contributed by atoms with Gasteiger partial charge in [0.15, 0.2) is 11.5 Å². The maximum absolute atomic E-state index is 12.2. The summed E-state index contributed by atoms with van der Waals surface area (Å²) in [4.78, 5) is 12.2. The average molecular weight is 455 g/mol. The van der Waals surface area contributed by atoms with E-state index in [0.29, 0.717) is 23.7 Å². The van der Waals surface area contributed by atoms with Crippen LogP contribution in [-0.2, 0) is 14.9 Å². The van der Waals surface area contributed by atoms with Crippen molar-refractivity contribution in [3.63, 3.8) is 0 Å². The van der Waals surface area contributed by atoms with E-state index < -0.39 is 23.6 Å². The minimum absolute atomic E-state index is 0.0543. The molecule has 6 nitrogen and oxygen atoms in total. The summed E-state index contributed by atoms with van der Waals surface area (Å²) in [5.41, 5.74) is 1.56. The second-order valence-electron chi connectivity index (χ2n) is 10.6. The van der Waals surface area contributed by atoms with E-state index in [9.17, 15) is 9.90 Å². The Morgan fingerprint density at radius 2 is 1.85 bits per heavy atom. The fourth-order valence-corrected chi connectivity index (χ4v) is 4.88. The number of aliphatic carboxylic acids is 1. The molecule has 4 atom stereocenters. The molecule has 0 unspecified atom stereocenters. The van der Waals surface area contributed by atoms with Crippen LogP contribution in [0.25, 0.3) is 0 Å². The molecule has 4 rings (SSSR count). The molecular weight excluding hydrogens is 420 g/mol. The Labute approximate surface area is 195 Å². The Balaban J connectivity index is 1.58. The summed E-state index contributed by atoms with van der Waals surface area (Å²) in [6.45, 7) is 10.6. The maximum Gasteiger partial charge on any atom is 0.309 e. The van der Waals surface area contributed by atoms with E-state index in [1.807, 2.05) is 56.3 Å². The number of carbonyl (C=O) groups is 1. The van der Waals surface area contributed by atoms with Gasteiger partial charge in [-0.25, -0.2) is 0 Å². The van der Waals surface area contributed by atoms with Gasteiger partial charge in [-0.2, -0.15) is 0 Å². The van der Waals surface area contributed by atoms with Crippen molar-refractivity contribution in [2.45, 2.75) is 64.3 Å². The van der Waals surface area contributed by atoms with Gasteiger partial charge in [-0.3, -0.25) is 4.79 Å². The van der Waals surface area contributed by atoms with Crippen molar-refractivity contribution >= 4 is 5.97 Å². The van der Waals surface area contributed by atoms with Crippen molar-refractivity contribution in [1.82, 2.24) is 0 Å². The molecule has 1 N–H and O–H groups in total.